The molecule has 0 radical (unpaired) electrons. The van der Waals surface area contributed by atoms with Crippen LogP contribution in [0.15, 0.2) is 87.9 Å². The van der Waals surface area contributed by atoms with E-state index in [-0.39, 0.29) is 12.1 Å². The number of furan rings is 1. The number of rotatable bonds is 5. The summed E-state index contributed by atoms with van der Waals surface area (Å²) in [5.74, 6) is 2.37. The SMILES string of the molecule is CC1CCN(c2ccc(N3C(=S)N[C@H](c4ccccn4)[C@@H]3c3ccc(-c4ccc(Br)cc4)o3)cc2Cl)CC1. The molecular formula is C30H28BrClN4OS. The van der Waals surface area contributed by atoms with Crippen LogP contribution in [-0.2, 0) is 0 Å². The zero-order valence-electron chi connectivity index (χ0n) is 21.0. The third-order valence-corrected chi connectivity index (χ3v) is 8.62. The largest absolute Gasteiger partial charge is 0.459 e. The third-order valence-electron chi connectivity index (χ3n) is 7.48. The van der Waals surface area contributed by atoms with Crippen LogP contribution in [-0.4, -0.2) is 23.2 Å². The van der Waals surface area contributed by atoms with E-state index >= 15 is 0 Å². The summed E-state index contributed by atoms with van der Waals surface area (Å²) >= 11 is 16.3. The number of thiocarbonyl (C=S) groups is 1. The molecule has 0 bridgehead atoms. The minimum atomic E-state index is -0.237. The summed E-state index contributed by atoms with van der Waals surface area (Å²) in [4.78, 5) is 9.13. The molecule has 2 aliphatic rings. The van der Waals surface area contributed by atoms with Gasteiger partial charge in [-0.1, -0.05) is 52.7 Å². The molecule has 0 unspecified atom stereocenters. The van der Waals surface area contributed by atoms with E-state index in [4.69, 9.17) is 28.2 Å². The van der Waals surface area contributed by atoms with Gasteiger partial charge in [-0.3, -0.25) is 4.98 Å². The van der Waals surface area contributed by atoms with E-state index in [0.717, 1.165) is 62.7 Å². The molecule has 2 aromatic carbocycles. The van der Waals surface area contributed by atoms with Crippen LogP contribution < -0.4 is 15.1 Å². The fourth-order valence-electron chi connectivity index (χ4n) is 5.35. The lowest BCUT2D eigenvalue weighted by molar-refractivity contribution is 0.438. The first kappa shape index (κ1) is 25.4. The Kier molecular flexibility index (Phi) is 7.16. The second-order valence-electron chi connectivity index (χ2n) is 10.0. The smallest absolute Gasteiger partial charge is 0.174 e. The number of anilines is 2. The Labute approximate surface area is 241 Å². The van der Waals surface area contributed by atoms with Crippen molar-refractivity contribution in [3.05, 3.63) is 99.9 Å². The maximum atomic E-state index is 6.90. The van der Waals surface area contributed by atoms with Crippen molar-refractivity contribution in [2.45, 2.75) is 31.8 Å². The highest BCUT2D eigenvalue weighted by Crippen LogP contribution is 2.44. The van der Waals surface area contributed by atoms with Crippen LogP contribution in [0.3, 0.4) is 0 Å². The van der Waals surface area contributed by atoms with Crippen LogP contribution in [0, 0.1) is 5.92 Å². The monoisotopic (exact) mass is 606 g/mol. The molecule has 8 heteroatoms. The minimum absolute atomic E-state index is 0.186. The van der Waals surface area contributed by atoms with Gasteiger partial charge < -0.3 is 19.5 Å². The zero-order chi connectivity index (χ0) is 26.2. The summed E-state index contributed by atoms with van der Waals surface area (Å²) in [5.41, 5.74) is 3.91. The molecule has 4 aromatic rings. The number of aromatic nitrogens is 1. The minimum Gasteiger partial charge on any atom is -0.459 e. The Morgan fingerprint density at radius 3 is 2.53 bits per heavy atom. The van der Waals surface area contributed by atoms with Gasteiger partial charge in [-0.25, -0.2) is 0 Å². The molecule has 2 atom stereocenters. The number of halogens is 2. The molecule has 2 aromatic heterocycles. The average Bonchev–Trinajstić information content (AvgIpc) is 3.55. The summed E-state index contributed by atoms with van der Waals surface area (Å²) in [5, 5.41) is 4.85. The Morgan fingerprint density at radius 2 is 1.82 bits per heavy atom. The number of nitrogens with zero attached hydrogens (tertiary/aromatic N) is 3. The van der Waals surface area contributed by atoms with Crippen LogP contribution >= 0.6 is 39.7 Å². The van der Waals surface area contributed by atoms with Gasteiger partial charge in [-0.15, -0.1) is 0 Å². The van der Waals surface area contributed by atoms with Gasteiger partial charge in [0.15, 0.2) is 5.11 Å². The van der Waals surface area contributed by atoms with Gasteiger partial charge in [0.05, 0.1) is 22.4 Å². The van der Waals surface area contributed by atoms with Gasteiger partial charge in [-0.05, 0) is 85.6 Å². The molecule has 6 rings (SSSR count). The van der Waals surface area contributed by atoms with E-state index in [0.29, 0.717) is 5.11 Å². The van der Waals surface area contributed by atoms with Crippen LogP contribution in [0.5, 0.6) is 0 Å². The molecule has 5 nitrogen and oxygen atoms in total. The van der Waals surface area contributed by atoms with Gasteiger partial charge in [0.1, 0.15) is 17.6 Å². The topological polar surface area (TPSA) is 44.5 Å². The Morgan fingerprint density at radius 1 is 1.03 bits per heavy atom. The summed E-state index contributed by atoms with van der Waals surface area (Å²) in [6.07, 6.45) is 4.18. The molecule has 0 amide bonds. The lowest BCUT2D eigenvalue weighted by atomic mass is 9.98. The third kappa shape index (κ3) is 4.95. The van der Waals surface area contributed by atoms with Crippen molar-refractivity contribution in [3.63, 3.8) is 0 Å². The number of hydrogen-bond acceptors (Lipinski definition) is 4. The van der Waals surface area contributed by atoms with Crippen molar-refractivity contribution in [2.75, 3.05) is 22.9 Å². The maximum absolute atomic E-state index is 6.90. The molecule has 0 aliphatic carbocycles. The van der Waals surface area contributed by atoms with E-state index in [1.807, 2.05) is 60.7 Å². The predicted molar refractivity (Wildman–Crippen MR) is 162 cm³/mol. The molecule has 4 heterocycles. The van der Waals surface area contributed by atoms with Crippen molar-refractivity contribution in [1.29, 1.82) is 0 Å². The van der Waals surface area contributed by atoms with Crippen molar-refractivity contribution in [3.8, 4) is 11.3 Å². The fourth-order valence-corrected chi connectivity index (χ4v) is 6.26. The summed E-state index contributed by atoms with van der Waals surface area (Å²) < 4.78 is 7.51. The van der Waals surface area contributed by atoms with Crippen LogP contribution in [0.4, 0.5) is 11.4 Å². The van der Waals surface area contributed by atoms with Crippen LogP contribution in [0.25, 0.3) is 11.3 Å². The molecular weight excluding hydrogens is 580 g/mol. The lowest BCUT2D eigenvalue weighted by Crippen LogP contribution is -2.33. The first-order valence-corrected chi connectivity index (χ1v) is 14.5. The van der Waals surface area contributed by atoms with Crippen LogP contribution in [0.2, 0.25) is 5.02 Å². The molecule has 0 saturated carbocycles. The molecule has 194 valence electrons. The van der Waals surface area contributed by atoms with E-state index in [1.165, 1.54) is 12.8 Å². The fraction of sp³-hybridized carbons (Fsp3) is 0.267. The van der Waals surface area contributed by atoms with E-state index in [9.17, 15) is 0 Å². The summed E-state index contributed by atoms with van der Waals surface area (Å²) in [6, 6.07) is 23.9. The van der Waals surface area contributed by atoms with Crippen LogP contribution in [0.1, 0.15) is 43.3 Å². The number of benzene rings is 2. The zero-order valence-corrected chi connectivity index (χ0v) is 24.1. The Bertz CT molecular complexity index is 1440. The Balaban J connectivity index is 1.37. The molecule has 1 N–H and O–H groups in total. The second-order valence-corrected chi connectivity index (χ2v) is 11.7. The molecule has 2 saturated heterocycles. The maximum Gasteiger partial charge on any atom is 0.174 e. The van der Waals surface area contributed by atoms with Gasteiger partial charge in [0.25, 0.3) is 0 Å². The number of pyridine rings is 1. The number of piperidine rings is 1. The van der Waals surface area contributed by atoms with Gasteiger partial charge >= 0.3 is 0 Å². The summed E-state index contributed by atoms with van der Waals surface area (Å²) in [7, 11) is 0. The van der Waals surface area contributed by atoms with E-state index in [2.05, 4.69) is 55.1 Å². The van der Waals surface area contributed by atoms with Gasteiger partial charge in [-0.2, -0.15) is 0 Å². The molecule has 0 spiro atoms. The first-order chi connectivity index (χ1) is 18.5. The Hall–Kier alpha value is -2.87. The second kappa shape index (κ2) is 10.7. The van der Waals surface area contributed by atoms with Gasteiger partial charge in [0, 0.05) is 35.0 Å². The molecule has 2 fully saturated rings. The van der Waals surface area contributed by atoms with Crippen molar-refractivity contribution in [2.24, 2.45) is 5.92 Å². The molecule has 2 aliphatic heterocycles. The predicted octanol–water partition coefficient (Wildman–Crippen LogP) is 8.17. The van der Waals surface area contributed by atoms with E-state index < -0.39 is 0 Å². The number of hydrogen-bond donors (Lipinski definition) is 1. The lowest BCUT2D eigenvalue weighted by Gasteiger charge is -2.33. The highest BCUT2D eigenvalue weighted by atomic mass is 79.9. The quantitative estimate of drug-likeness (QED) is 0.231. The molecule has 38 heavy (non-hydrogen) atoms. The highest BCUT2D eigenvalue weighted by molar-refractivity contribution is 9.10. The summed E-state index contributed by atoms with van der Waals surface area (Å²) in [6.45, 7) is 4.37. The van der Waals surface area contributed by atoms with Crippen molar-refractivity contribution in [1.82, 2.24) is 10.3 Å². The highest BCUT2D eigenvalue weighted by Gasteiger charge is 2.42. The number of nitrogens with one attached hydrogen (secondary N) is 1. The standard InChI is InChI=1S/C30H28BrClN4OS/c1-19-13-16-35(17-14-19)25-10-9-22(18-23(25)32)36-29(28(34-30(36)38)24-4-2-3-15-33-24)27-12-11-26(37-27)20-5-7-21(31)8-6-20/h2-12,15,18-19,28-29H,13-14,16-17H2,1H3,(H,34,38)/t28-,29+/m1/s1. The van der Waals surface area contributed by atoms with Crippen molar-refractivity contribution < 1.29 is 4.42 Å². The van der Waals surface area contributed by atoms with Gasteiger partial charge in [0.2, 0.25) is 0 Å². The average molecular weight is 608 g/mol. The van der Waals surface area contributed by atoms with E-state index in [1.54, 1.807) is 6.20 Å². The first-order valence-electron chi connectivity index (χ1n) is 12.9. The van der Waals surface area contributed by atoms with Crippen molar-refractivity contribution >= 4 is 56.2 Å². The normalized spacial score (nSPS) is 20.1.